The number of benzene rings is 1. The van der Waals surface area contributed by atoms with E-state index in [0.717, 1.165) is 30.6 Å². The molecule has 0 bridgehead atoms. The molecule has 1 N–H and O–H groups in total. The van der Waals surface area contributed by atoms with E-state index in [2.05, 4.69) is 5.32 Å². The summed E-state index contributed by atoms with van der Waals surface area (Å²) in [5.74, 6) is 0.479. The number of halogens is 1. The number of thiophene rings is 1. The SMILES string of the molecule is CCOc1c(Cl)cc(CNC(=O)c2sccc2S(=O)(=O)N2CCCCC2)cc1OC. The fraction of sp³-hybridized carbons (Fsp3) is 0.450. The molecule has 30 heavy (non-hydrogen) atoms. The molecule has 2 heterocycles. The van der Waals surface area contributed by atoms with Crippen LogP contribution in [0, 0.1) is 0 Å². The zero-order valence-corrected chi connectivity index (χ0v) is 19.3. The predicted molar refractivity (Wildman–Crippen MR) is 117 cm³/mol. The Morgan fingerprint density at radius 1 is 1.27 bits per heavy atom. The summed E-state index contributed by atoms with van der Waals surface area (Å²) in [5, 5.41) is 4.79. The third-order valence-electron chi connectivity index (χ3n) is 4.80. The summed E-state index contributed by atoms with van der Waals surface area (Å²) < 4.78 is 38.2. The van der Waals surface area contributed by atoms with Gasteiger partial charge in [-0.3, -0.25) is 4.79 Å². The number of ether oxygens (including phenoxy) is 2. The fourth-order valence-electron chi connectivity index (χ4n) is 3.33. The Hall–Kier alpha value is -1.81. The average Bonchev–Trinajstić information content (AvgIpc) is 3.25. The van der Waals surface area contributed by atoms with Crippen LogP contribution in [0.3, 0.4) is 0 Å². The minimum atomic E-state index is -3.68. The third kappa shape index (κ3) is 4.91. The van der Waals surface area contributed by atoms with Crippen LogP contribution in [-0.4, -0.2) is 45.4 Å². The Labute approximate surface area is 186 Å². The lowest BCUT2D eigenvalue weighted by molar-refractivity contribution is 0.0951. The molecule has 1 fully saturated rings. The van der Waals surface area contributed by atoms with E-state index in [9.17, 15) is 13.2 Å². The van der Waals surface area contributed by atoms with Crippen molar-refractivity contribution in [2.45, 2.75) is 37.6 Å². The zero-order valence-electron chi connectivity index (χ0n) is 16.9. The van der Waals surface area contributed by atoms with Crippen LogP contribution in [0.5, 0.6) is 11.5 Å². The van der Waals surface area contributed by atoms with Crippen LogP contribution in [0.4, 0.5) is 0 Å². The Morgan fingerprint density at radius 2 is 2.00 bits per heavy atom. The number of amides is 1. The van der Waals surface area contributed by atoms with Gasteiger partial charge in [0.1, 0.15) is 9.77 Å². The van der Waals surface area contributed by atoms with Gasteiger partial charge in [-0.25, -0.2) is 8.42 Å². The van der Waals surface area contributed by atoms with Crippen LogP contribution < -0.4 is 14.8 Å². The maximum atomic E-state index is 13.0. The van der Waals surface area contributed by atoms with Crippen molar-refractivity contribution >= 4 is 38.9 Å². The molecule has 1 amide bonds. The second kappa shape index (κ2) is 10.00. The summed E-state index contributed by atoms with van der Waals surface area (Å²) in [6.07, 6.45) is 2.70. The van der Waals surface area contributed by atoms with E-state index in [4.69, 9.17) is 21.1 Å². The maximum Gasteiger partial charge on any atom is 0.263 e. The van der Waals surface area contributed by atoms with Crippen molar-refractivity contribution in [3.63, 3.8) is 0 Å². The van der Waals surface area contributed by atoms with E-state index in [1.54, 1.807) is 17.5 Å². The molecule has 7 nitrogen and oxygen atoms in total. The number of piperidine rings is 1. The number of methoxy groups -OCH3 is 1. The van der Waals surface area contributed by atoms with E-state index in [-0.39, 0.29) is 16.3 Å². The van der Waals surface area contributed by atoms with Gasteiger partial charge in [-0.2, -0.15) is 4.31 Å². The number of carbonyl (C=O) groups excluding carboxylic acids is 1. The zero-order chi connectivity index (χ0) is 21.7. The summed E-state index contributed by atoms with van der Waals surface area (Å²) in [5.41, 5.74) is 0.714. The van der Waals surface area contributed by atoms with Gasteiger partial charge in [-0.1, -0.05) is 18.0 Å². The molecule has 1 aromatic carbocycles. The van der Waals surface area contributed by atoms with Crippen molar-refractivity contribution in [3.05, 3.63) is 39.0 Å². The van der Waals surface area contributed by atoms with Crippen molar-refractivity contribution in [1.82, 2.24) is 9.62 Å². The predicted octanol–water partition coefficient (Wildman–Crippen LogP) is 3.91. The van der Waals surface area contributed by atoms with Crippen molar-refractivity contribution in [2.75, 3.05) is 26.8 Å². The highest BCUT2D eigenvalue weighted by Crippen LogP contribution is 2.36. The van der Waals surface area contributed by atoms with E-state index in [1.165, 1.54) is 17.5 Å². The first-order valence-electron chi connectivity index (χ1n) is 9.73. The molecule has 3 rings (SSSR count). The number of carbonyl (C=O) groups is 1. The highest BCUT2D eigenvalue weighted by atomic mass is 35.5. The summed E-state index contributed by atoms with van der Waals surface area (Å²) in [6.45, 7) is 3.44. The Kier molecular flexibility index (Phi) is 7.62. The number of nitrogens with one attached hydrogen (secondary N) is 1. The van der Waals surface area contributed by atoms with Crippen molar-refractivity contribution < 1.29 is 22.7 Å². The molecule has 164 valence electrons. The van der Waals surface area contributed by atoms with Gasteiger partial charge in [-0.15, -0.1) is 11.3 Å². The van der Waals surface area contributed by atoms with Crippen LogP contribution in [0.15, 0.2) is 28.5 Å². The van der Waals surface area contributed by atoms with Gasteiger partial charge in [0.15, 0.2) is 11.5 Å². The van der Waals surface area contributed by atoms with Gasteiger partial charge in [0.25, 0.3) is 5.91 Å². The maximum absolute atomic E-state index is 13.0. The van der Waals surface area contributed by atoms with Gasteiger partial charge >= 0.3 is 0 Å². The second-order valence-electron chi connectivity index (χ2n) is 6.80. The highest BCUT2D eigenvalue weighted by molar-refractivity contribution is 7.89. The molecule has 0 unspecified atom stereocenters. The topological polar surface area (TPSA) is 84.9 Å². The van der Waals surface area contributed by atoms with Gasteiger partial charge in [-0.05, 0) is 48.9 Å². The minimum Gasteiger partial charge on any atom is -0.493 e. The van der Waals surface area contributed by atoms with E-state index in [0.29, 0.717) is 41.8 Å². The molecule has 0 radical (unpaired) electrons. The molecule has 1 aliphatic heterocycles. The molecular weight excluding hydrogens is 448 g/mol. The van der Waals surface area contributed by atoms with Crippen molar-refractivity contribution in [2.24, 2.45) is 0 Å². The Bertz CT molecular complexity index is 1000. The summed E-state index contributed by atoms with van der Waals surface area (Å²) in [7, 11) is -2.17. The van der Waals surface area contributed by atoms with Gasteiger partial charge in [0.05, 0.1) is 18.7 Å². The first-order chi connectivity index (χ1) is 14.4. The van der Waals surface area contributed by atoms with E-state index in [1.807, 2.05) is 6.92 Å². The molecule has 2 aromatic rings. The largest absolute Gasteiger partial charge is 0.493 e. The quantitative estimate of drug-likeness (QED) is 0.629. The molecular formula is C20H25ClN2O5S2. The molecule has 0 atom stereocenters. The molecule has 10 heteroatoms. The van der Waals surface area contributed by atoms with Crippen LogP contribution in [0.1, 0.15) is 41.4 Å². The van der Waals surface area contributed by atoms with Gasteiger partial charge < -0.3 is 14.8 Å². The molecule has 1 aromatic heterocycles. The first-order valence-corrected chi connectivity index (χ1v) is 12.4. The first kappa shape index (κ1) is 22.9. The number of hydrogen-bond acceptors (Lipinski definition) is 6. The standard InChI is InChI=1S/C20H25ClN2O5S2/c1-3-28-18-15(21)11-14(12-16(18)27-2)13-22-20(24)19-17(7-10-29-19)30(25,26)23-8-5-4-6-9-23/h7,10-12H,3-6,8-9,13H2,1-2H3,(H,22,24). The number of hydrogen-bond donors (Lipinski definition) is 1. The lowest BCUT2D eigenvalue weighted by Crippen LogP contribution is -2.36. The third-order valence-corrected chi connectivity index (χ3v) is 8.06. The van der Waals surface area contributed by atoms with Crippen LogP contribution in [0.25, 0.3) is 0 Å². The Balaban J connectivity index is 1.75. The lowest BCUT2D eigenvalue weighted by Gasteiger charge is -2.25. The van der Waals surface area contributed by atoms with Crippen LogP contribution in [-0.2, 0) is 16.6 Å². The average molecular weight is 473 g/mol. The lowest BCUT2D eigenvalue weighted by atomic mass is 10.2. The smallest absolute Gasteiger partial charge is 0.263 e. The molecule has 1 aliphatic rings. The summed E-state index contributed by atoms with van der Waals surface area (Å²) in [6, 6.07) is 4.92. The van der Waals surface area contributed by atoms with E-state index >= 15 is 0 Å². The van der Waals surface area contributed by atoms with E-state index < -0.39 is 15.9 Å². The highest BCUT2D eigenvalue weighted by Gasteiger charge is 2.31. The minimum absolute atomic E-state index is 0.0641. The summed E-state index contributed by atoms with van der Waals surface area (Å²) >= 11 is 7.39. The van der Waals surface area contributed by atoms with Gasteiger partial charge in [0.2, 0.25) is 10.0 Å². The molecule has 0 saturated carbocycles. The second-order valence-corrected chi connectivity index (χ2v) is 10.0. The fourth-order valence-corrected chi connectivity index (χ4v) is 6.45. The molecule has 0 spiro atoms. The number of rotatable bonds is 8. The number of nitrogens with zero attached hydrogens (tertiary/aromatic N) is 1. The van der Waals surface area contributed by atoms with Crippen LogP contribution in [0.2, 0.25) is 5.02 Å². The van der Waals surface area contributed by atoms with Crippen LogP contribution >= 0.6 is 22.9 Å². The normalized spacial score (nSPS) is 15.0. The summed E-state index contributed by atoms with van der Waals surface area (Å²) in [4.78, 5) is 13.0. The molecule has 0 aliphatic carbocycles. The number of sulfonamides is 1. The van der Waals surface area contributed by atoms with Gasteiger partial charge in [0, 0.05) is 19.6 Å². The Morgan fingerprint density at radius 3 is 2.67 bits per heavy atom. The monoisotopic (exact) mass is 472 g/mol. The van der Waals surface area contributed by atoms with Crippen molar-refractivity contribution in [3.8, 4) is 11.5 Å². The van der Waals surface area contributed by atoms with Crippen molar-refractivity contribution in [1.29, 1.82) is 0 Å². The molecule has 1 saturated heterocycles.